The van der Waals surface area contributed by atoms with Gasteiger partial charge in [-0.1, -0.05) is 12.1 Å². The van der Waals surface area contributed by atoms with E-state index in [1.165, 1.54) is 23.6 Å². The highest BCUT2D eigenvalue weighted by molar-refractivity contribution is 7.89. The molecular weight excluding hydrogens is 575 g/mol. The first-order chi connectivity index (χ1) is 18.8. The molecule has 40 heavy (non-hydrogen) atoms. The van der Waals surface area contributed by atoms with Crippen LogP contribution < -0.4 is 9.46 Å². The number of likely N-dealkylation sites (tertiary alicyclic amines) is 1. The summed E-state index contributed by atoms with van der Waals surface area (Å²) in [5, 5.41) is 21.4. The molecule has 3 N–H and O–H groups in total. The van der Waals surface area contributed by atoms with Crippen LogP contribution in [-0.4, -0.2) is 66.3 Å². The number of thiophene rings is 1. The quantitative estimate of drug-likeness (QED) is 0.304. The Morgan fingerprint density at radius 3 is 2.58 bits per heavy atom. The zero-order valence-corrected chi connectivity index (χ0v) is 22.3. The van der Waals surface area contributed by atoms with Gasteiger partial charge in [-0.3, -0.25) is 4.79 Å². The number of rotatable bonds is 6. The molecule has 212 valence electrons. The van der Waals surface area contributed by atoms with Crippen molar-refractivity contribution in [1.29, 1.82) is 0 Å². The Labute approximate surface area is 229 Å². The molecule has 2 aromatic carbocycles. The molecule has 10 nitrogen and oxygen atoms in total. The number of pyridine rings is 1. The number of amides is 1. The maximum atomic E-state index is 13.0. The molecule has 3 heterocycles. The number of fused-ring (bicyclic) bond motifs is 2. The first kappa shape index (κ1) is 29.0. The van der Waals surface area contributed by atoms with Crippen LogP contribution in [-0.2, 0) is 26.2 Å². The minimum atomic E-state index is -5.08. The number of carboxylic acids is 1. The SMILES string of the molecule is COc1ccc2ccc(S(=O)(=O)N[C@H]3CCN(Cc4csc5c(O)nccc45)C3=O)cc2c1.O=C(O)C(F)(F)F. The molecule has 1 aliphatic heterocycles. The van der Waals surface area contributed by atoms with Crippen molar-refractivity contribution in [2.75, 3.05) is 13.7 Å². The number of hydrogen-bond donors (Lipinski definition) is 3. The van der Waals surface area contributed by atoms with E-state index in [0.29, 0.717) is 30.0 Å². The Morgan fingerprint density at radius 2 is 1.90 bits per heavy atom. The van der Waals surface area contributed by atoms with Gasteiger partial charge in [0.15, 0.2) is 0 Å². The van der Waals surface area contributed by atoms with Crippen LogP contribution in [0.25, 0.3) is 20.9 Å². The smallest absolute Gasteiger partial charge is 0.490 e. The largest absolute Gasteiger partial charge is 0.497 e. The number of nitrogens with zero attached hydrogens (tertiary/aromatic N) is 2. The van der Waals surface area contributed by atoms with E-state index in [4.69, 9.17) is 14.6 Å². The minimum absolute atomic E-state index is 0.0323. The predicted octanol–water partition coefficient (Wildman–Crippen LogP) is 3.88. The fourth-order valence-electron chi connectivity index (χ4n) is 4.09. The predicted molar refractivity (Wildman–Crippen MR) is 140 cm³/mol. The molecule has 0 unspecified atom stereocenters. The van der Waals surface area contributed by atoms with Crippen LogP contribution in [0.1, 0.15) is 12.0 Å². The van der Waals surface area contributed by atoms with E-state index in [1.807, 2.05) is 17.5 Å². The molecule has 5 rings (SSSR count). The van der Waals surface area contributed by atoms with Crippen LogP contribution in [0, 0.1) is 0 Å². The number of benzene rings is 2. The number of methoxy groups -OCH3 is 1. The van der Waals surface area contributed by atoms with Gasteiger partial charge in [0.05, 0.1) is 16.7 Å². The van der Waals surface area contributed by atoms with Crippen LogP contribution in [0.5, 0.6) is 11.6 Å². The zero-order chi connectivity index (χ0) is 29.2. The number of nitrogens with one attached hydrogen (secondary N) is 1. The van der Waals surface area contributed by atoms with Crippen molar-refractivity contribution in [3.63, 3.8) is 0 Å². The molecule has 2 aromatic heterocycles. The first-order valence-electron chi connectivity index (χ1n) is 11.5. The second-order valence-corrected chi connectivity index (χ2v) is 11.3. The zero-order valence-electron chi connectivity index (χ0n) is 20.7. The Morgan fingerprint density at radius 1 is 1.20 bits per heavy atom. The molecule has 0 saturated carbocycles. The summed E-state index contributed by atoms with van der Waals surface area (Å²) in [4.78, 5) is 27.5. The van der Waals surface area contributed by atoms with Crippen LogP contribution in [0.3, 0.4) is 0 Å². The van der Waals surface area contributed by atoms with Gasteiger partial charge >= 0.3 is 12.1 Å². The third-order valence-corrected chi connectivity index (χ3v) is 8.59. The summed E-state index contributed by atoms with van der Waals surface area (Å²) < 4.78 is 66.2. The van der Waals surface area contributed by atoms with Gasteiger partial charge in [-0.15, -0.1) is 11.3 Å². The average Bonchev–Trinajstić information content (AvgIpc) is 3.47. The molecule has 0 aliphatic carbocycles. The number of sulfonamides is 1. The van der Waals surface area contributed by atoms with Gasteiger partial charge in [-0.2, -0.15) is 17.9 Å². The van der Waals surface area contributed by atoms with Gasteiger partial charge in [0, 0.05) is 24.7 Å². The third-order valence-electron chi connectivity index (χ3n) is 6.08. The highest BCUT2D eigenvalue weighted by atomic mass is 32.2. The summed E-state index contributed by atoms with van der Waals surface area (Å²) >= 11 is 1.37. The minimum Gasteiger partial charge on any atom is -0.497 e. The van der Waals surface area contributed by atoms with Gasteiger partial charge in [0.1, 0.15) is 11.8 Å². The third kappa shape index (κ3) is 6.26. The number of carbonyl (C=O) groups is 2. The summed E-state index contributed by atoms with van der Waals surface area (Å²) in [6, 6.07) is 11.3. The number of carbonyl (C=O) groups excluding carboxylic acids is 1. The van der Waals surface area contributed by atoms with E-state index in [2.05, 4.69) is 9.71 Å². The van der Waals surface area contributed by atoms with Gasteiger partial charge < -0.3 is 19.8 Å². The molecule has 1 amide bonds. The maximum absolute atomic E-state index is 13.0. The molecule has 0 radical (unpaired) electrons. The Hall–Kier alpha value is -3.95. The van der Waals surface area contributed by atoms with E-state index in [9.17, 15) is 31.5 Å². The van der Waals surface area contributed by atoms with Crippen LogP contribution in [0.4, 0.5) is 13.2 Å². The number of carboxylic acid groups (broad SMARTS) is 1. The van der Waals surface area contributed by atoms with Gasteiger partial charge in [0.25, 0.3) is 0 Å². The van der Waals surface area contributed by atoms with Crippen LogP contribution in [0.15, 0.2) is 58.9 Å². The molecule has 4 aromatic rings. The van der Waals surface area contributed by atoms with Crippen LogP contribution >= 0.6 is 11.3 Å². The molecule has 1 aliphatic rings. The highest BCUT2D eigenvalue weighted by Crippen LogP contribution is 2.33. The molecule has 1 atom stereocenters. The van der Waals surface area contributed by atoms with Crippen molar-refractivity contribution in [3.05, 3.63) is 59.6 Å². The number of aliphatic carboxylic acids is 1. The fraction of sp³-hybridized carbons (Fsp3) is 0.240. The summed E-state index contributed by atoms with van der Waals surface area (Å²) in [6.45, 7) is 0.783. The lowest BCUT2D eigenvalue weighted by molar-refractivity contribution is -0.192. The molecule has 1 saturated heterocycles. The van der Waals surface area contributed by atoms with Gasteiger partial charge in [0.2, 0.25) is 21.8 Å². The summed E-state index contributed by atoms with van der Waals surface area (Å²) in [5.41, 5.74) is 0.896. The monoisotopic (exact) mass is 597 g/mol. The van der Waals surface area contributed by atoms with Crippen molar-refractivity contribution >= 4 is 54.1 Å². The lowest BCUT2D eigenvalue weighted by Gasteiger charge is -2.17. The van der Waals surface area contributed by atoms with E-state index in [1.54, 1.807) is 36.3 Å². The lowest BCUT2D eigenvalue weighted by Crippen LogP contribution is -2.41. The first-order valence-corrected chi connectivity index (χ1v) is 13.9. The number of alkyl halides is 3. The van der Waals surface area contributed by atoms with Crippen LogP contribution in [0.2, 0.25) is 0 Å². The summed E-state index contributed by atoms with van der Waals surface area (Å²) in [7, 11) is -2.34. The number of halogens is 3. The molecule has 0 bridgehead atoms. The fourth-order valence-corrected chi connectivity index (χ4v) is 6.29. The second kappa shape index (κ2) is 11.3. The van der Waals surface area contributed by atoms with E-state index in [0.717, 1.165) is 21.7 Å². The molecule has 0 spiro atoms. The maximum Gasteiger partial charge on any atom is 0.490 e. The average molecular weight is 598 g/mol. The van der Waals surface area contributed by atoms with E-state index < -0.39 is 28.2 Å². The second-order valence-electron chi connectivity index (χ2n) is 8.67. The summed E-state index contributed by atoms with van der Waals surface area (Å²) in [6.07, 6.45) is -3.18. The van der Waals surface area contributed by atoms with E-state index in [-0.39, 0.29) is 16.7 Å². The van der Waals surface area contributed by atoms with E-state index >= 15 is 0 Å². The molecular formula is C25H22F3N3O7S2. The van der Waals surface area contributed by atoms with Gasteiger partial charge in [-0.25, -0.2) is 18.2 Å². The number of aromatic nitrogens is 1. The Balaban J connectivity index is 0.000000470. The number of aromatic hydroxyl groups is 1. The summed E-state index contributed by atoms with van der Waals surface area (Å²) in [5.74, 6) is -2.42. The topological polar surface area (TPSA) is 146 Å². The van der Waals surface area contributed by atoms with Crippen molar-refractivity contribution in [2.45, 2.75) is 30.1 Å². The molecule has 15 heteroatoms. The Bertz CT molecular complexity index is 1690. The number of ether oxygens (including phenoxy) is 1. The standard InChI is InChI=1S/C23H21N3O5S2.C2HF3O2/c1-31-17-4-2-14-3-5-18(11-15(14)10-17)33(29,30)25-20-7-9-26(23(20)28)12-16-13-32-21-19(16)6-8-24-22(21)27;3-2(4,5)1(6)7/h2-6,8,10-11,13,20,25H,7,9,12H2,1H3,(H,24,27);(H,6,7)/t20-;/m0./s1. The van der Waals surface area contributed by atoms with Crippen molar-refractivity contribution in [1.82, 2.24) is 14.6 Å². The highest BCUT2D eigenvalue weighted by Gasteiger charge is 2.38. The van der Waals surface area contributed by atoms with Crippen molar-refractivity contribution < 1.29 is 46.1 Å². The Kier molecular flexibility index (Phi) is 8.18. The van der Waals surface area contributed by atoms with Crippen molar-refractivity contribution in [2.24, 2.45) is 0 Å². The number of hydrogen-bond acceptors (Lipinski definition) is 8. The molecule has 1 fully saturated rings. The van der Waals surface area contributed by atoms with Gasteiger partial charge in [-0.05, 0) is 58.5 Å². The normalized spacial score (nSPS) is 15.8. The lowest BCUT2D eigenvalue weighted by atomic mass is 10.1. The van der Waals surface area contributed by atoms with Crippen molar-refractivity contribution in [3.8, 4) is 11.6 Å².